The van der Waals surface area contributed by atoms with Crippen LogP contribution in [-0.2, 0) is 37.4 Å². The summed E-state index contributed by atoms with van der Waals surface area (Å²) in [5.41, 5.74) is 2.02. The van der Waals surface area contributed by atoms with Crippen molar-refractivity contribution in [3.05, 3.63) is 22.5 Å². The van der Waals surface area contributed by atoms with Crippen molar-refractivity contribution in [3.8, 4) is 0 Å². The Hall–Kier alpha value is -1.02. The second-order valence-corrected chi connectivity index (χ2v) is 9.32. The molecule has 1 fully saturated rings. The number of ether oxygens (including phenoxy) is 4. The minimum absolute atomic E-state index is 0.143. The van der Waals surface area contributed by atoms with E-state index in [4.69, 9.17) is 28.0 Å². The normalized spacial score (nSPS) is 18.5. The van der Waals surface area contributed by atoms with Gasteiger partial charge in [-0.1, -0.05) is 5.57 Å². The summed E-state index contributed by atoms with van der Waals surface area (Å²) in [6.45, 7) is 10.7. The van der Waals surface area contributed by atoms with Crippen molar-refractivity contribution in [1.29, 1.82) is 0 Å². The van der Waals surface area contributed by atoms with Crippen molar-refractivity contribution in [3.63, 3.8) is 0 Å². The molecule has 0 radical (unpaired) electrons. The molecule has 0 aliphatic carbocycles. The van der Waals surface area contributed by atoms with Crippen LogP contribution in [0.1, 0.15) is 60.3 Å². The third-order valence-electron chi connectivity index (χ3n) is 4.80. The number of rotatable bonds is 14. The molecule has 1 unspecified atom stereocenters. The molecule has 0 spiro atoms. The number of esters is 1. The van der Waals surface area contributed by atoms with E-state index in [1.807, 2.05) is 13.8 Å². The lowest BCUT2D eigenvalue weighted by molar-refractivity contribution is -0.157. The third-order valence-corrected chi connectivity index (χ3v) is 7.05. The standard InChI is InChI=1S/C22H39O8P/c1-7-26-21(23)15-20(31(24,29-8-2)30-9-3)19(25-6)14-18(17(4)5)16-28-22-12-10-11-13-27-22/h15,19,22H,7-14,16H2,1-6H3/b20-15-/t19-,22?/m0/s1. The Balaban J connectivity index is 3.15. The molecule has 1 aliphatic heterocycles. The van der Waals surface area contributed by atoms with Gasteiger partial charge in [0.25, 0.3) is 0 Å². The van der Waals surface area contributed by atoms with Gasteiger partial charge >= 0.3 is 13.6 Å². The van der Waals surface area contributed by atoms with E-state index in [0.717, 1.165) is 30.4 Å². The van der Waals surface area contributed by atoms with Crippen LogP contribution < -0.4 is 0 Å². The fourth-order valence-corrected chi connectivity index (χ4v) is 5.02. The molecule has 0 aromatic rings. The lowest BCUT2D eigenvalue weighted by Crippen LogP contribution is -2.25. The maximum Gasteiger partial charge on any atom is 0.360 e. The van der Waals surface area contributed by atoms with Crippen molar-refractivity contribution >= 4 is 13.6 Å². The zero-order chi connectivity index (χ0) is 23.3. The predicted molar refractivity (Wildman–Crippen MR) is 119 cm³/mol. The topological polar surface area (TPSA) is 89.5 Å². The van der Waals surface area contributed by atoms with Gasteiger partial charge < -0.3 is 28.0 Å². The average molecular weight is 463 g/mol. The minimum atomic E-state index is -3.76. The summed E-state index contributed by atoms with van der Waals surface area (Å²) < 4.78 is 46.9. The summed E-state index contributed by atoms with van der Waals surface area (Å²) >= 11 is 0. The summed E-state index contributed by atoms with van der Waals surface area (Å²) in [7, 11) is -2.26. The molecule has 0 aromatic carbocycles. The Morgan fingerprint density at radius 2 is 1.81 bits per heavy atom. The third kappa shape index (κ3) is 9.56. The van der Waals surface area contributed by atoms with Crippen LogP contribution in [0.15, 0.2) is 22.5 Å². The van der Waals surface area contributed by atoms with Gasteiger partial charge in [-0.15, -0.1) is 0 Å². The van der Waals surface area contributed by atoms with Gasteiger partial charge in [-0.2, -0.15) is 0 Å². The van der Waals surface area contributed by atoms with Gasteiger partial charge in [0, 0.05) is 26.2 Å². The lowest BCUT2D eigenvalue weighted by atomic mass is 10.0. The molecule has 1 aliphatic rings. The predicted octanol–water partition coefficient (Wildman–Crippen LogP) is 4.98. The Morgan fingerprint density at radius 3 is 2.29 bits per heavy atom. The summed E-state index contributed by atoms with van der Waals surface area (Å²) in [6, 6.07) is 0. The highest BCUT2D eigenvalue weighted by Crippen LogP contribution is 2.58. The number of allylic oxidation sites excluding steroid dienone is 1. The van der Waals surface area contributed by atoms with Crippen molar-refractivity contribution < 1.29 is 37.4 Å². The molecule has 0 amide bonds. The van der Waals surface area contributed by atoms with Crippen molar-refractivity contribution in [2.45, 2.75) is 72.7 Å². The fourth-order valence-electron chi connectivity index (χ4n) is 3.16. The quantitative estimate of drug-likeness (QED) is 0.154. The first-order chi connectivity index (χ1) is 14.8. The SMILES string of the molecule is CCOC(=O)/C=C(/[C@H](CC(COC1CCCCO1)=C(C)C)OC)P(=O)(OCC)OCC. The van der Waals surface area contributed by atoms with E-state index in [9.17, 15) is 9.36 Å². The van der Waals surface area contributed by atoms with Crippen LogP contribution in [0.2, 0.25) is 0 Å². The van der Waals surface area contributed by atoms with Crippen LogP contribution >= 0.6 is 7.60 Å². The van der Waals surface area contributed by atoms with Gasteiger partial charge in [0.05, 0.1) is 37.8 Å². The van der Waals surface area contributed by atoms with Crippen LogP contribution in [0, 0.1) is 0 Å². The Labute approximate surface area is 186 Å². The van der Waals surface area contributed by atoms with Crippen LogP contribution in [0.3, 0.4) is 0 Å². The maximum atomic E-state index is 13.5. The van der Waals surface area contributed by atoms with Gasteiger partial charge in [-0.3, -0.25) is 4.57 Å². The molecule has 1 rings (SSSR count). The number of hydrogen-bond acceptors (Lipinski definition) is 8. The molecular weight excluding hydrogens is 423 g/mol. The van der Waals surface area contributed by atoms with Gasteiger partial charge in [0.15, 0.2) is 6.29 Å². The molecule has 0 saturated carbocycles. The van der Waals surface area contributed by atoms with Crippen LogP contribution in [0.5, 0.6) is 0 Å². The highest BCUT2D eigenvalue weighted by atomic mass is 31.2. The van der Waals surface area contributed by atoms with E-state index in [1.165, 1.54) is 13.2 Å². The molecule has 2 atom stereocenters. The fraction of sp³-hybridized carbons (Fsp3) is 0.773. The van der Waals surface area contributed by atoms with E-state index in [2.05, 4.69) is 0 Å². The largest absolute Gasteiger partial charge is 0.463 e. The van der Waals surface area contributed by atoms with Gasteiger partial charge in [0.2, 0.25) is 0 Å². The molecule has 180 valence electrons. The van der Waals surface area contributed by atoms with E-state index in [1.54, 1.807) is 20.8 Å². The van der Waals surface area contributed by atoms with E-state index in [0.29, 0.717) is 19.6 Å². The van der Waals surface area contributed by atoms with Crippen molar-refractivity contribution in [1.82, 2.24) is 0 Å². The Kier molecular flexibility index (Phi) is 13.5. The number of carbonyl (C=O) groups is 1. The smallest absolute Gasteiger partial charge is 0.360 e. The van der Waals surface area contributed by atoms with Crippen LogP contribution in [0.25, 0.3) is 0 Å². The van der Waals surface area contributed by atoms with Crippen molar-refractivity contribution in [2.75, 3.05) is 40.1 Å². The zero-order valence-electron chi connectivity index (χ0n) is 19.8. The first-order valence-electron chi connectivity index (χ1n) is 11.0. The van der Waals surface area contributed by atoms with Crippen LogP contribution in [-0.4, -0.2) is 58.5 Å². The van der Waals surface area contributed by atoms with Crippen molar-refractivity contribution in [2.24, 2.45) is 0 Å². The number of hydrogen-bond donors (Lipinski definition) is 0. The van der Waals surface area contributed by atoms with Gasteiger partial charge in [-0.25, -0.2) is 4.79 Å². The Bertz CT molecular complexity index is 638. The van der Waals surface area contributed by atoms with E-state index >= 15 is 0 Å². The first kappa shape index (κ1) is 28.0. The summed E-state index contributed by atoms with van der Waals surface area (Å²) in [4.78, 5) is 12.2. The van der Waals surface area contributed by atoms with Gasteiger partial charge in [-0.05, 0) is 59.5 Å². The highest BCUT2D eigenvalue weighted by molar-refractivity contribution is 7.58. The molecule has 1 heterocycles. The average Bonchev–Trinajstić information content (AvgIpc) is 2.73. The molecular formula is C22H39O8P. The zero-order valence-corrected chi connectivity index (χ0v) is 20.7. The Morgan fingerprint density at radius 1 is 1.13 bits per heavy atom. The molecule has 0 bridgehead atoms. The second kappa shape index (κ2) is 14.9. The molecule has 1 saturated heterocycles. The summed E-state index contributed by atoms with van der Waals surface area (Å²) in [6.07, 6.45) is 3.59. The molecule has 31 heavy (non-hydrogen) atoms. The molecule has 8 nitrogen and oxygen atoms in total. The van der Waals surface area contributed by atoms with E-state index in [-0.39, 0.29) is 31.4 Å². The van der Waals surface area contributed by atoms with Gasteiger partial charge in [0.1, 0.15) is 0 Å². The van der Waals surface area contributed by atoms with Crippen LogP contribution in [0.4, 0.5) is 0 Å². The highest BCUT2D eigenvalue weighted by Gasteiger charge is 2.37. The lowest BCUT2D eigenvalue weighted by Gasteiger charge is -2.28. The van der Waals surface area contributed by atoms with E-state index < -0.39 is 19.7 Å². The molecule has 0 N–H and O–H groups in total. The second-order valence-electron chi connectivity index (χ2n) is 7.29. The number of methoxy groups -OCH3 is 1. The summed E-state index contributed by atoms with van der Waals surface area (Å²) in [5, 5.41) is 0.143. The number of carbonyl (C=O) groups excluding carboxylic acids is 1. The first-order valence-corrected chi connectivity index (χ1v) is 12.5. The monoisotopic (exact) mass is 462 g/mol. The maximum absolute atomic E-state index is 13.5. The summed E-state index contributed by atoms with van der Waals surface area (Å²) in [5.74, 6) is -0.621. The molecule has 0 aromatic heterocycles. The molecule has 9 heteroatoms. The minimum Gasteiger partial charge on any atom is -0.463 e.